The Morgan fingerprint density at radius 2 is 1.96 bits per heavy atom. The lowest BCUT2D eigenvalue weighted by atomic mass is 10.0. The van der Waals surface area contributed by atoms with Crippen LogP contribution in [0.25, 0.3) is 11.3 Å². The first-order valence-electron chi connectivity index (χ1n) is 7.62. The van der Waals surface area contributed by atoms with Crippen LogP contribution in [0.2, 0.25) is 0 Å². The van der Waals surface area contributed by atoms with E-state index in [4.69, 9.17) is 4.74 Å². The summed E-state index contributed by atoms with van der Waals surface area (Å²) in [6.45, 7) is 4.07. The topological polar surface area (TPSA) is 51.2 Å². The number of benzene rings is 2. The number of ether oxygens (including phenoxy) is 1. The van der Waals surface area contributed by atoms with Crippen LogP contribution >= 0.6 is 11.3 Å². The van der Waals surface area contributed by atoms with Gasteiger partial charge in [0, 0.05) is 10.9 Å². The van der Waals surface area contributed by atoms with Crippen molar-refractivity contribution in [3.8, 4) is 17.0 Å². The van der Waals surface area contributed by atoms with E-state index in [0.29, 0.717) is 10.9 Å². The number of amides is 1. The molecule has 1 aromatic heterocycles. The number of thiazole rings is 1. The summed E-state index contributed by atoms with van der Waals surface area (Å²) in [5.74, 6) is 0.448. The van der Waals surface area contributed by atoms with Crippen LogP contribution in [0.4, 0.5) is 5.13 Å². The van der Waals surface area contributed by atoms with Gasteiger partial charge in [0.15, 0.2) is 11.7 Å². The van der Waals surface area contributed by atoms with Gasteiger partial charge in [-0.1, -0.05) is 35.9 Å². The Morgan fingerprint density at radius 3 is 2.75 bits per heavy atom. The zero-order valence-corrected chi connectivity index (χ0v) is 14.4. The van der Waals surface area contributed by atoms with E-state index in [2.05, 4.69) is 42.3 Å². The third kappa shape index (κ3) is 4.00. The molecule has 1 amide bonds. The van der Waals surface area contributed by atoms with Crippen LogP contribution in [0, 0.1) is 13.8 Å². The minimum atomic E-state index is -0.222. The van der Waals surface area contributed by atoms with Gasteiger partial charge in [-0.2, -0.15) is 0 Å². The lowest BCUT2D eigenvalue weighted by Crippen LogP contribution is -2.20. The molecule has 0 saturated heterocycles. The molecule has 0 unspecified atom stereocenters. The van der Waals surface area contributed by atoms with Crippen LogP contribution in [-0.2, 0) is 4.79 Å². The summed E-state index contributed by atoms with van der Waals surface area (Å²) in [6, 6.07) is 15.5. The van der Waals surface area contributed by atoms with Crippen molar-refractivity contribution in [2.24, 2.45) is 0 Å². The van der Waals surface area contributed by atoms with Crippen molar-refractivity contribution in [3.63, 3.8) is 0 Å². The fourth-order valence-corrected chi connectivity index (χ4v) is 3.01. The molecule has 0 spiro atoms. The zero-order chi connectivity index (χ0) is 16.9. The number of carbonyl (C=O) groups excluding carboxylic acids is 1. The van der Waals surface area contributed by atoms with Gasteiger partial charge in [0.25, 0.3) is 5.91 Å². The normalized spacial score (nSPS) is 10.4. The maximum Gasteiger partial charge on any atom is 0.264 e. The molecule has 1 N–H and O–H groups in total. The van der Waals surface area contributed by atoms with Gasteiger partial charge in [0.1, 0.15) is 5.75 Å². The summed E-state index contributed by atoms with van der Waals surface area (Å²) in [6.07, 6.45) is 0. The number of nitrogens with one attached hydrogen (secondary N) is 1. The van der Waals surface area contributed by atoms with Crippen molar-refractivity contribution in [3.05, 3.63) is 65.0 Å². The van der Waals surface area contributed by atoms with E-state index in [1.54, 1.807) is 0 Å². The number of para-hydroxylation sites is 1. The fourth-order valence-electron chi connectivity index (χ4n) is 2.29. The van der Waals surface area contributed by atoms with E-state index >= 15 is 0 Å². The molecular formula is C19H18N2O2S. The second-order valence-electron chi connectivity index (χ2n) is 5.51. The number of hydrogen-bond donors (Lipinski definition) is 1. The van der Waals surface area contributed by atoms with E-state index < -0.39 is 0 Å². The number of nitrogens with zero attached hydrogens (tertiary/aromatic N) is 1. The Morgan fingerprint density at radius 1 is 1.17 bits per heavy atom. The Hall–Kier alpha value is -2.66. The van der Waals surface area contributed by atoms with Crippen molar-refractivity contribution in [1.82, 2.24) is 4.98 Å². The molecular weight excluding hydrogens is 320 g/mol. The van der Waals surface area contributed by atoms with Crippen LogP contribution in [0.3, 0.4) is 0 Å². The van der Waals surface area contributed by atoms with E-state index in [1.165, 1.54) is 16.9 Å². The number of rotatable bonds is 5. The van der Waals surface area contributed by atoms with Crippen LogP contribution in [0.1, 0.15) is 11.1 Å². The molecule has 0 aliphatic heterocycles. The molecule has 0 bridgehead atoms. The molecule has 0 aliphatic carbocycles. The minimum absolute atomic E-state index is 0.0393. The van der Waals surface area contributed by atoms with Gasteiger partial charge in [-0.25, -0.2) is 4.98 Å². The first-order chi connectivity index (χ1) is 11.6. The predicted molar refractivity (Wildman–Crippen MR) is 97.6 cm³/mol. The summed E-state index contributed by atoms with van der Waals surface area (Å²) in [7, 11) is 0. The molecule has 0 aliphatic rings. The summed E-state index contributed by atoms with van der Waals surface area (Å²) < 4.78 is 5.43. The first kappa shape index (κ1) is 16.2. The predicted octanol–water partition coefficient (Wildman–Crippen LogP) is 4.44. The van der Waals surface area contributed by atoms with Crippen molar-refractivity contribution >= 4 is 22.4 Å². The van der Waals surface area contributed by atoms with E-state index in [-0.39, 0.29) is 12.5 Å². The molecule has 3 rings (SSSR count). The smallest absolute Gasteiger partial charge is 0.264 e. The molecule has 122 valence electrons. The highest BCUT2D eigenvalue weighted by atomic mass is 32.1. The second-order valence-corrected chi connectivity index (χ2v) is 6.36. The SMILES string of the molecule is Cc1ccc(C)c(-c2csc(NC(=O)COc3ccccc3)n2)c1. The van der Waals surface area contributed by atoms with Gasteiger partial charge < -0.3 is 4.74 Å². The quantitative estimate of drug-likeness (QED) is 0.748. The third-order valence-corrected chi connectivity index (χ3v) is 4.29. The van der Waals surface area contributed by atoms with Crippen LogP contribution < -0.4 is 10.1 Å². The fraction of sp³-hybridized carbons (Fsp3) is 0.158. The van der Waals surface area contributed by atoms with Crippen LogP contribution in [0.15, 0.2) is 53.9 Å². The van der Waals surface area contributed by atoms with Gasteiger partial charge in [0.05, 0.1) is 5.69 Å². The number of anilines is 1. The average molecular weight is 338 g/mol. The summed E-state index contributed by atoms with van der Waals surface area (Å²) in [4.78, 5) is 16.5. The van der Waals surface area contributed by atoms with Crippen molar-refractivity contribution < 1.29 is 9.53 Å². The van der Waals surface area contributed by atoms with E-state index in [0.717, 1.165) is 16.8 Å². The highest BCUT2D eigenvalue weighted by Crippen LogP contribution is 2.28. The standard InChI is InChI=1S/C19H18N2O2S/c1-13-8-9-14(2)16(10-13)17-12-24-19(20-17)21-18(22)11-23-15-6-4-3-5-7-15/h3-10,12H,11H2,1-2H3,(H,20,21,22). The zero-order valence-electron chi connectivity index (χ0n) is 13.6. The summed E-state index contributed by atoms with van der Waals surface area (Å²) >= 11 is 1.41. The molecule has 0 saturated carbocycles. The molecule has 3 aromatic rings. The Kier molecular flexibility index (Phi) is 4.91. The molecule has 0 fully saturated rings. The lowest BCUT2D eigenvalue weighted by Gasteiger charge is -2.05. The number of carbonyl (C=O) groups is 1. The monoisotopic (exact) mass is 338 g/mol. The number of hydrogen-bond acceptors (Lipinski definition) is 4. The first-order valence-corrected chi connectivity index (χ1v) is 8.50. The van der Waals surface area contributed by atoms with Crippen LogP contribution in [-0.4, -0.2) is 17.5 Å². The number of aromatic nitrogens is 1. The lowest BCUT2D eigenvalue weighted by molar-refractivity contribution is -0.118. The van der Waals surface area contributed by atoms with E-state index in [1.807, 2.05) is 35.7 Å². The highest BCUT2D eigenvalue weighted by Gasteiger charge is 2.10. The van der Waals surface area contributed by atoms with E-state index in [9.17, 15) is 4.79 Å². The van der Waals surface area contributed by atoms with Gasteiger partial charge in [-0.05, 0) is 37.6 Å². The molecule has 1 heterocycles. The number of aryl methyl sites for hydroxylation is 2. The summed E-state index contributed by atoms with van der Waals surface area (Å²) in [5, 5.41) is 5.31. The Labute approximate surface area is 145 Å². The Balaban J connectivity index is 1.63. The third-order valence-electron chi connectivity index (χ3n) is 3.53. The maximum atomic E-state index is 12.0. The Bertz CT molecular complexity index is 844. The van der Waals surface area contributed by atoms with Crippen molar-refractivity contribution in [2.45, 2.75) is 13.8 Å². The van der Waals surface area contributed by atoms with Gasteiger partial charge in [-0.3, -0.25) is 10.1 Å². The molecule has 2 aromatic carbocycles. The van der Waals surface area contributed by atoms with Gasteiger partial charge >= 0.3 is 0 Å². The summed E-state index contributed by atoms with van der Waals surface area (Å²) in [5.41, 5.74) is 4.31. The van der Waals surface area contributed by atoms with Crippen molar-refractivity contribution in [1.29, 1.82) is 0 Å². The molecule has 24 heavy (non-hydrogen) atoms. The van der Waals surface area contributed by atoms with Gasteiger partial charge in [0.2, 0.25) is 0 Å². The molecule has 0 atom stereocenters. The molecule has 4 nitrogen and oxygen atoms in total. The maximum absolute atomic E-state index is 12.0. The van der Waals surface area contributed by atoms with Crippen molar-refractivity contribution in [2.75, 3.05) is 11.9 Å². The van der Waals surface area contributed by atoms with Crippen LogP contribution in [0.5, 0.6) is 5.75 Å². The largest absolute Gasteiger partial charge is 0.484 e. The second kappa shape index (κ2) is 7.27. The molecule has 0 radical (unpaired) electrons. The van der Waals surface area contributed by atoms with Gasteiger partial charge in [-0.15, -0.1) is 11.3 Å². The molecule has 5 heteroatoms. The minimum Gasteiger partial charge on any atom is -0.484 e. The average Bonchev–Trinajstić information content (AvgIpc) is 3.04. The highest BCUT2D eigenvalue weighted by molar-refractivity contribution is 7.14.